The molecule has 1 aliphatic heterocycles. The largest absolute Gasteiger partial charge is 0.232 e. The van der Waals surface area contributed by atoms with Crippen molar-refractivity contribution in [3.8, 4) is 0 Å². The lowest BCUT2D eigenvalue weighted by Crippen LogP contribution is -2.19. The first-order chi connectivity index (χ1) is 6.77. The van der Waals surface area contributed by atoms with Gasteiger partial charge in [-0.2, -0.15) is 0 Å². The van der Waals surface area contributed by atoms with Crippen LogP contribution in [0.3, 0.4) is 0 Å². The van der Waals surface area contributed by atoms with E-state index in [1.165, 1.54) is 6.08 Å². The smallest absolute Gasteiger partial charge is 0.115 e. The highest BCUT2D eigenvalue weighted by atomic mass is 19.1. The Morgan fingerprint density at radius 2 is 2.21 bits per heavy atom. The fourth-order valence-corrected chi connectivity index (χ4v) is 1.73. The number of allylic oxidation sites excluding steroid dienone is 3. The van der Waals surface area contributed by atoms with Crippen molar-refractivity contribution in [1.29, 1.82) is 0 Å². The topological polar surface area (TPSA) is 18.5 Å². The standard InChI is InChI=1S/C11H13FO2/c1-8-11(6-7-13-14-8)9-2-4-10(12)5-3-9/h2,4,6,8H,3,5,7H2,1H3. The Labute approximate surface area is 82.6 Å². The van der Waals surface area contributed by atoms with Gasteiger partial charge in [-0.25, -0.2) is 14.2 Å². The summed E-state index contributed by atoms with van der Waals surface area (Å²) >= 11 is 0. The summed E-state index contributed by atoms with van der Waals surface area (Å²) in [5, 5.41) is 0. The molecule has 0 fully saturated rings. The summed E-state index contributed by atoms with van der Waals surface area (Å²) in [7, 11) is 0. The molecule has 0 N–H and O–H groups in total. The van der Waals surface area contributed by atoms with E-state index >= 15 is 0 Å². The number of hydrogen-bond acceptors (Lipinski definition) is 2. The Morgan fingerprint density at radius 1 is 1.36 bits per heavy atom. The average Bonchev–Trinajstić information content (AvgIpc) is 2.20. The van der Waals surface area contributed by atoms with E-state index < -0.39 is 0 Å². The van der Waals surface area contributed by atoms with Crippen LogP contribution in [0.4, 0.5) is 4.39 Å². The highest BCUT2D eigenvalue weighted by Crippen LogP contribution is 2.28. The van der Waals surface area contributed by atoms with Gasteiger partial charge < -0.3 is 0 Å². The zero-order valence-electron chi connectivity index (χ0n) is 8.13. The minimum Gasteiger partial charge on any atom is -0.232 e. The second-order valence-electron chi connectivity index (χ2n) is 3.49. The van der Waals surface area contributed by atoms with Gasteiger partial charge >= 0.3 is 0 Å². The van der Waals surface area contributed by atoms with Gasteiger partial charge in [-0.15, -0.1) is 0 Å². The minimum absolute atomic E-state index is 0.0463. The van der Waals surface area contributed by atoms with Gasteiger partial charge in [0.25, 0.3) is 0 Å². The molecule has 0 aromatic carbocycles. The first kappa shape index (κ1) is 9.62. The molecule has 76 valence electrons. The van der Waals surface area contributed by atoms with Crippen LogP contribution in [0.2, 0.25) is 0 Å². The maximum atomic E-state index is 12.8. The molecule has 0 aromatic rings. The van der Waals surface area contributed by atoms with E-state index in [0.717, 1.165) is 17.6 Å². The van der Waals surface area contributed by atoms with Gasteiger partial charge in [-0.3, -0.25) is 0 Å². The van der Waals surface area contributed by atoms with Crippen LogP contribution in [0.5, 0.6) is 0 Å². The van der Waals surface area contributed by atoms with E-state index in [0.29, 0.717) is 13.0 Å². The highest BCUT2D eigenvalue weighted by Gasteiger charge is 2.19. The summed E-state index contributed by atoms with van der Waals surface area (Å²) in [5.41, 5.74) is 2.28. The van der Waals surface area contributed by atoms with Gasteiger partial charge in [0.1, 0.15) is 18.5 Å². The van der Waals surface area contributed by atoms with Crippen LogP contribution in [-0.4, -0.2) is 12.7 Å². The van der Waals surface area contributed by atoms with Gasteiger partial charge in [0.05, 0.1) is 0 Å². The third-order valence-corrected chi connectivity index (χ3v) is 2.49. The Balaban J connectivity index is 2.18. The van der Waals surface area contributed by atoms with Gasteiger partial charge in [-0.1, -0.05) is 6.08 Å². The third kappa shape index (κ3) is 1.94. The summed E-state index contributed by atoms with van der Waals surface area (Å²) < 4.78 is 12.8. The maximum Gasteiger partial charge on any atom is 0.115 e. The number of halogens is 1. The monoisotopic (exact) mass is 196 g/mol. The first-order valence-corrected chi connectivity index (χ1v) is 4.81. The Hall–Kier alpha value is -0.930. The first-order valence-electron chi connectivity index (χ1n) is 4.81. The second kappa shape index (κ2) is 4.07. The van der Waals surface area contributed by atoms with Crippen molar-refractivity contribution in [1.82, 2.24) is 0 Å². The fourth-order valence-electron chi connectivity index (χ4n) is 1.73. The highest BCUT2D eigenvalue weighted by molar-refractivity contribution is 5.39. The molecular formula is C11H13FO2. The molecular weight excluding hydrogens is 183 g/mol. The Bertz CT molecular complexity index is 315. The van der Waals surface area contributed by atoms with Crippen LogP contribution < -0.4 is 0 Å². The van der Waals surface area contributed by atoms with Gasteiger partial charge in [0, 0.05) is 6.42 Å². The zero-order chi connectivity index (χ0) is 9.97. The molecule has 2 nitrogen and oxygen atoms in total. The van der Waals surface area contributed by atoms with Crippen LogP contribution >= 0.6 is 0 Å². The van der Waals surface area contributed by atoms with Gasteiger partial charge in [-0.05, 0) is 36.6 Å². The summed E-state index contributed by atoms with van der Waals surface area (Å²) in [6, 6.07) is 0. The van der Waals surface area contributed by atoms with E-state index in [2.05, 4.69) is 0 Å². The van der Waals surface area contributed by atoms with Crippen molar-refractivity contribution >= 4 is 0 Å². The van der Waals surface area contributed by atoms with Crippen LogP contribution in [0, 0.1) is 0 Å². The lowest BCUT2D eigenvalue weighted by Gasteiger charge is -2.23. The fraction of sp³-hybridized carbons (Fsp3) is 0.455. The van der Waals surface area contributed by atoms with E-state index in [4.69, 9.17) is 9.78 Å². The van der Waals surface area contributed by atoms with E-state index in [1.807, 2.05) is 19.1 Å². The summed E-state index contributed by atoms with van der Waals surface area (Å²) in [4.78, 5) is 9.88. The number of hydrogen-bond donors (Lipinski definition) is 0. The molecule has 2 aliphatic rings. The molecule has 1 heterocycles. The zero-order valence-corrected chi connectivity index (χ0v) is 8.13. The normalized spacial score (nSPS) is 27.9. The molecule has 14 heavy (non-hydrogen) atoms. The molecule has 1 unspecified atom stereocenters. The molecule has 0 spiro atoms. The molecule has 0 radical (unpaired) electrons. The van der Waals surface area contributed by atoms with Crippen LogP contribution in [0.1, 0.15) is 19.8 Å². The quantitative estimate of drug-likeness (QED) is 0.600. The van der Waals surface area contributed by atoms with Gasteiger partial charge in [0.2, 0.25) is 0 Å². The Morgan fingerprint density at radius 3 is 2.86 bits per heavy atom. The van der Waals surface area contributed by atoms with Crippen molar-refractivity contribution in [2.45, 2.75) is 25.9 Å². The van der Waals surface area contributed by atoms with Gasteiger partial charge in [0.15, 0.2) is 0 Å². The van der Waals surface area contributed by atoms with Crippen molar-refractivity contribution < 1.29 is 14.2 Å². The van der Waals surface area contributed by atoms with Crippen molar-refractivity contribution in [3.05, 3.63) is 35.2 Å². The van der Waals surface area contributed by atoms with Crippen LogP contribution in [0.15, 0.2) is 35.2 Å². The molecule has 3 heteroatoms. The maximum absolute atomic E-state index is 12.8. The molecule has 0 bridgehead atoms. The summed E-state index contributed by atoms with van der Waals surface area (Å²) in [5.74, 6) is -0.0463. The van der Waals surface area contributed by atoms with Crippen molar-refractivity contribution in [2.75, 3.05) is 6.61 Å². The van der Waals surface area contributed by atoms with Crippen molar-refractivity contribution in [2.24, 2.45) is 0 Å². The average molecular weight is 196 g/mol. The lowest BCUT2D eigenvalue weighted by molar-refractivity contribution is -0.311. The second-order valence-corrected chi connectivity index (χ2v) is 3.49. The van der Waals surface area contributed by atoms with E-state index in [-0.39, 0.29) is 11.9 Å². The molecule has 2 rings (SSSR count). The predicted molar refractivity (Wildman–Crippen MR) is 51.1 cm³/mol. The minimum atomic E-state index is -0.0513. The molecule has 0 saturated carbocycles. The summed E-state index contributed by atoms with van der Waals surface area (Å²) in [6.07, 6.45) is 6.55. The number of rotatable bonds is 1. The lowest BCUT2D eigenvalue weighted by atomic mass is 9.93. The molecule has 0 amide bonds. The summed E-state index contributed by atoms with van der Waals surface area (Å²) in [6.45, 7) is 2.41. The SMILES string of the molecule is CC1OOCC=C1C1=CC=C(F)CC1. The predicted octanol–water partition coefficient (Wildman–Crippen LogP) is 2.84. The van der Waals surface area contributed by atoms with Crippen LogP contribution in [-0.2, 0) is 9.78 Å². The molecule has 0 saturated heterocycles. The molecule has 0 aromatic heterocycles. The van der Waals surface area contributed by atoms with Crippen molar-refractivity contribution in [3.63, 3.8) is 0 Å². The Kier molecular flexibility index (Phi) is 2.79. The van der Waals surface area contributed by atoms with E-state index in [1.54, 1.807) is 0 Å². The molecule has 1 aliphatic carbocycles. The molecule has 1 atom stereocenters. The third-order valence-electron chi connectivity index (χ3n) is 2.49. The van der Waals surface area contributed by atoms with E-state index in [9.17, 15) is 4.39 Å². The van der Waals surface area contributed by atoms with Crippen LogP contribution in [0.25, 0.3) is 0 Å².